The number of nitrogens with zero attached hydrogens (tertiary/aromatic N) is 2. The van der Waals surface area contributed by atoms with Crippen LogP contribution in [0.2, 0.25) is 0 Å². The minimum absolute atomic E-state index is 0.867. The second kappa shape index (κ2) is 5.05. The van der Waals surface area contributed by atoms with Crippen LogP contribution < -0.4 is 0 Å². The van der Waals surface area contributed by atoms with Crippen LogP contribution in [0.5, 0.6) is 0 Å². The van der Waals surface area contributed by atoms with Gasteiger partial charge in [-0.15, -0.1) is 0 Å². The summed E-state index contributed by atoms with van der Waals surface area (Å²) in [4.78, 5) is 5.40. The molecule has 0 aromatic rings. The molecule has 94 valence electrons. The molecule has 2 aliphatic heterocycles. The van der Waals surface area contributed by atoms with Crippen LogP contribution in [0, 0.1) is 17.8 Å². The summed E-state index contributed by atoms with van der Waals surface area (Å²) in [5.41, 5.74) is 0. The SMILES string of the molecule is CCN1CC(C)CC2C(C1)C(C)CN2CC. The quantitative estimate of drug-likeness (QED) is 0.710. The summed E-state index contributed by atoms with van der Waals surface area (Å²) in [5.74, 6) is 2.68. The zero-order valence-corrected chi connectivity index (χ0v) is 11.4. The standard InChI is InChI=1S/C14H28N2/c1-5-15-8-11(3)7-14-13(10-15)12(4)9-16(14)6-2/h11-14H,5-10H2,1-4H3. The maximum absolute atomic E-state index is 2.73. The van der Waals surface area contributed by atoms with Crippen LogP contribution in [0.3, 0.4) is 0 Å². The van der Waals surface area contributed by atoms with Gasteiger partial charge in [-0.1, -0.05) is 27.7 Å². The number of fused-ring (bicyclic) bond motifs is 1. The van der Waals surface area contributed by atoms with Gasteiger partial charge in [0.2, 0.25) is 0 Å². The van der Waals surface area contributed by atoms with Gasteiger partial charge in [0, 0.05) is 25.7 Å². The van der Waals surface area contributed by atoms with Crippen molar-refractivity contribution in [2.75, 3.05) is 32.7 Å². The fraction of sp³-hybridized carbons (Fsp3) is 1.00. The number of rotatable bonds is 2. The fourth-order valence-corrected chi connectivity index (χ4v) is 3.84. The molecule has 2 fully saturated rings. The first-order chi connectivity index (χ1) is 7.65. The van der Waals surface area contributed by atoms with E-state index in [1.807, 2.05) is 0 Å². The normalized spacial score (nSPS) is 42.0. The van der Waals surface area contributed by atoms with Crippen LogP contribution in [0.4, 0.5) is 0 Å². The molecule has 0 aromatic heterocycles. The summed E-state index contributed by atoms with van der Waals surface area (Å²) in [6, 6.07) is 0.867. The lowest BCUT2D eigenvalue weighted by atomic mass is 9.88. The minimum atomic E-state index is 0.867. The molecule has 2 heterocycles. The maximum atomic E-state index is 2.73. The molecule has 0 saturated carbocycles. The Bertz CT molecular complexity index is 229. The highest BCUT2D eigenvalue weighted by Crippen LogP contribution is 2.36. The predicted octanol–water partition coefficient (Wildman–Crippen LogP) is 2.30. The Labute approximate surface area is 101 Å². The summed E-state index contributed by atoms with van der Waals surface area (Å²) in [5, 5.41) is 0. The van der Waals surface area contributed by atoms with Gasteiger partial charge in [-0.25, -0.2) is 0 Å². The molecule has 2 nitrogen and oxygen atoms in total. The van der Waals surface area contributed by atoms with Gasteiger partial charge in [0.25, 0.3) is 0 Å². The van der Waals surface area contributed by atoms with Crippen molar-refractivity contribution in [3.05, 3.63) is 0 Å². The van der Waals surface area contributed by atoms with Gasteiger partial charge in [0.15, 0.2) is 0 Å². The van der Waals surface area contributed by atoms with Gasteiger partial charge >= 0.3 is 0 Å². The Morgan fingerprint density at radius 3 is 2.38 bits per heavy atom. The molecule has 4 unspecified atom stereocenters. The van der Waals surface area contributed by atoms with E-state index in [4.69, 9.17) is 0 Å². The van der Waals surface area contributed by atoms with E-state index < -0.39 is 0 Å². The van der Waals surface area contributed by atoms with Gasteiger partial charge in [0.1, 0.15) is 0 Å². The van der Waals surface area contributed by atoms with Gasteiger partial charge in [-0.2, -0.15) is 0 Å². The molecule has 4 atom stereocenters. The Morgan fingerprint density at radius 1 is 1.00 bits per heavy atom. The molecule has 0 aliphatic carbocycles. The van der Waals surface area contributed by atoms with Gasteiger partial charge in [-0.3, -0.25) is 0 Å². The molecule has 2 saturated heterocycles. The van der Waals surface area contributed by atoms with E-state index in [1.165, 1.54) is 39.1 Å². The van der Waals surface area contributed by atoms with Crippen LogP contribution in [0.25, 0.3) is 0 Å². The Morgan fingerprint density at radius 2 is 1.75 bits per heavy atom. The monoisotopic (exact) mass is 224 g/mol. The molecule has 2 heteroatoms. The smallest absolute Gasteiger partial charge is 0.0142 e. The summed E-state index contributed by atoms with van der Waals surface area (Å²) in [6.45, 7) is 16.0. The number of hydrogen-bond acceptors (Lipinski definition) is 2. The highest BCUT2D eigenvalue weighted by molar-refractivity contribution is 4.95. The fourth-order valence-electron chi connectivity index (χ4n) is 3.84. The second-order valence-electron chi connectivity index (χ2n) is 5.99. The van der Waals surface area contributed by atoms with Gasteiger partial charge in [0.05, 0.1) is 0 Å². The molecule has 0 N–H and O–H groups in total. The molecule has 0 aromatic carbocycles. The van der Waals surface area contributed by atoms with Crippen molar-refractivity contribution in [2.45, 2.75) is 40.2 Å². The van der Waals surface area contributed by atoms with Gasteiger partial charge in [-0.05, 0) is 37.3 Å². The van der Waals surface area contributed by atoms with E-state index in [2.05, 4.69) is 37.5 Å². The first kappa shape index (κ1) is 12.4. The lowest BCUT2D eigenvalue weighted by Crippen LogP contribution is -2.35. The zero-order valence-electron chi connectivity index (χ0n) is 11.4. The third-order valence-electron chi connectivity index (χ3n) is 4.75. The van der Waals surface area contributed by atoms with Crippen molar-refractivity contribution < 1.29 is 0 Å². The Hall–Kier alpha value is -0.0800. The van der Waals surface area contributed by atoms with E-state index in [0.29, 0.717) is 0 Å². The van der Waals surface area contributed by atoms with Crippen LogP contribution in [-0.4, -0.2) is 48.6 Å². The zero-order chi connectivity index (χ0) is 11.7. The summed E-state index contributed by atoms with van der Waals surface area (Å²) >= 11 is 0. The second-order valence-corrected chi connectivity index (χ2v) is 5.99. The molecule has 16 heavy (non-hydrogen) atoms. The molecule has 0 amide bonds. The lowest BCUT2D eigenvalue weighted by Gasteiger charge is -2.27. The largest absolute Gasteiger partial charge is 0.303 e. The highest BCUT2D eigenvalue weighted by atomic mass is 15.2. The maximum Gasteiger partial charge on any atom is 0.0142 e. The average Bonchev–Trinajstić information content (AvgIpc) is 2.47. The lowest BCUT2D eigenvalue weighted by molar-refractivity contribution is 0.208. The van der Waals surface area contributed by atoms with Crippen molar-refractivity contribution in [3.63, 3.8) is 0 Å². The molecule has 0 radical (unpaired) electrons. The van der Waals surface area contributed by atoms with Crippen LogP contribution in [-0.2, 0) is 0 Å². The summed E-state index contributed by atoms with van der Waals surface area (Å²) in [6.07, 6.45) is 1.42. The summed E-state index contributed by atoms with van der Waals surface area (Å²) in [7, 11) is 0. The van der Waals surface area contributed by atoms with Crippen molar-refractivity contribution >= 4 is 0 Å². The van der Waals surface area contributed by atoms with Crippen LogP contribution in [0.1, 0.15) is 34.1 Å². The van der Waals surface area contributed by atoms with Crippen LogP contribution >= 0.6 is 0 Å². The third-order valence-corrected chi connectivity index (χ3v) is 4.75. The first-order valence-electron chi connectivity index (χ1n) is 7.12. The number of likely N-dealkylation sites (tertiary alicyclic amines) is 2. The topological polar surface area (TPSA) is 6.48 Å². The van der Waals surface area contributed by atoms with E-state index in [1.54, 1.807) is 0 Å². The third kappa shape index (κ3) is 2.28. The summed E-state index contributed by atoms with van der Waals surface area (Å²) < 4.78 is 0. The van der Waals surface area contributed by atoms with Crippen molar-refractivity contribution in [1.82, 2.24) is 9.80 Å². The van der Waals surface area contributed by atoms with E-state index >= 15 is 0 Å². The molecule has 2 rings (SSSR count). The highest BCUT2D eigenvalue weighted by Gasteiger charge is 2.41. The molecular weight excluding hydrogens is 196 g/mol. The Balaban J connectivity index is 2.12. The minimum Gasteiger partial charge on any atom is -0.303 e. The molecule has 0 spiro atoms. The molecular formula is C14H28N2. The number of hydrogen-bond donors (Lipinski definition) is 0. The first-order valence-corrected chi connectivity index (χ1v) is 7.12. The molecule has 0 bridgehead atoms. The average molecular weight is 224 g/mol. The molecule has 2 aliphatic rings. The van der Waals surface area contributed by atoms with E-state index in [9.17, 15) is 0 Å². The van der Waals surface area contributed by atoms with Gasteiger partial charge < -0.3 is 9.80 Å². The van der Waals surface area contributed by atoms with Crippen molar-refractivity contribution in [2.24, 2.45) is 17.8 Å². The van der Waals surface area contributed by atoms with Crippen molar-refractivity contribution in [3.8, 4) is 0 Å². The van der Waals surface area contributed by atoms with Crippen molar-refractivity contribution in [1.29, 1.82) is 0 Å². The van der Waals surface area contributed by atoms with E-state index in [-0.39, 0.29) is 0 Å². The Kier molecular flexibility index (Phi) is 3.91. The van der Waals surface area contributed by atoms with Crippen LogP contribution in [0.15, 0.2) is 0 Å². The van der Waals surface area contributed by atoms with E-state index in [0.717, 1.165) is 23.8 Å². The predicted molar refractivity (Wildman–Crippen MR) is 69.6 cm³/mol.